The number of rotatable bonds is 7. The Morgan fingerprint density at radius 1 is 1.61 bits per heavy atom. The van der Waals surface area contributed by atoms with Gasteiger partial charge in [-0.2, -0.15) is 5.10 Å². The summed E-state index contributed by atoms with van der Waals surface area (Å²) in [6, 6.07) is 0.205. The van der Waals surface area contributed by atoms with Gasteiger partial charge in [0.2, 0.25) is 0 Å². The van der Waals surface area contributed by atoms with Gasteiger partial charge in [-0.3, -0.25) is 4.68 Å². The molecule has 104 valence electrons. The second kappa shape index (κ2) is 6.65. The van der Waals surface area contributed by atoms with Crippen LogP contribution >= 0.6 is 15.9 Å². The fourth-order valence-electron chi connectivity index (χ4n) is 1.83. The van der Waals surface area contributed by atoms with Gasteiger partial charge in [-0.25, -0.2) is 0 Å². The molecule has 1 rings (SSSR count). The van der Waals surface area contributed by atoms with E-state index in [0.717, 1.165) is 10.2 Å². The Labute approximate surface area is 117 Å². The Hall–Kier alpha value is -0.430. The quantitative estimate of drug-likeness (QED) is 0.751. The van der Waals surface area contributed by atoms with Crippen molar-refractivity contribution in [3.05, 3.63) is 16.4 Å². The highest BCUT2D eigenvalue weighted by atomic mass is 79.9. The van der Waals surface area contributed by atoms with Gasteiger partial charge in [-0.05, 0) is 36.7 Å². The highest BCUT2D eigenvalue weighted by Gasteiger charge is 2.30. The second-order valence-corrected chi connectivity index (χ2v) is 5.68. The van der Waals surface area contributed by atoms with E-state index in [1.54, 1.807) is 20.2 Å². The summed E-state index contributed by atoms with van der Waals surface area (Å²) in [5, 5.41) is 18.0. The van der Waals surface area contributed by atoms with Crippen molar-refractivity contribution in [1.82, 2.24) is 15.1 Å². The van der Waals surface area contributed by atoms with Crippen LogP contribution in [0.15, 0.2) is 10.7 Å². The van der Waals surface area contributed by atoms with Crippen LogP contribution < -0.4 is 5.32 Å². The molecule has 0 aliphatic carbocycles. The first kappa shape index (κ1) is 15.6. The molecule has 1 aromatic heterocycles. The van der Waals surface area contributed by atoms with Gasteiger partial charge in [0.1, 0.15) is 5.60 Å². The number of hydrogen-bond donors (Lipinski definition) is 2. The third-order valence-electron chi connectivity index (χ3n) is 2.70. The van der Waals surface area contributed by atoms with Gasteiger partial charge in [0, 0.05) is 26.2 Å². The van der Waals surface area contributed by atoms with E-state index < -0.39 is 5.60 Å². The maximum Gasteiger partial charge on any atom is 0.117 e. The average Bonchev–Trinajstić information content (AvgIpc) is 2.67. The van der Waals surface area contributed by atoms with Gasteiger partial charge in [0.05, 0.1) is 23.0 Å². The van der Waals surface area contributed by atoms with Gasteiger partial charge in [0.25, 0.3) is 0 Å². The summed E-state index contributed by atoms with van der Waals surface area (Å²) < 4.78 is 7.63. The normalized spacial score (nSPS) is 15.1. The van der Waals surface area contributed by atoms with Crippen LogP contribution in [-0.2, 0) is 10.3 Å². The molecule has 0 aliphatic heterocycles. The molecular weight excluding hydrogens is 298 g/mol. The molecule has 5 nitrogen and oxygen atoms in total. The highest BCUT2D eigenvalue weighted by Crippen LogP contribution is 2.29. The van der Waals surface area contributed by atoms with Crippen molar-refractivity contribution in [2.24, 2.45) is 0 Å². The molecule has 0 aliphatic rings. The highest BCUT2D eigenvalue weighted by molar-refractivity contribution is 9.10. The lowest BCUT2D eigenvalue weighted by Crippen LogP contribution is -2.39. The summed E-state index contributed by atoms with van der Waals surface area (Å²) in [6.45, 7) is 7.65. The number of halogens is 1. The molecule has 2 N–H and O–H groups in total. The summed E-state index contributed by atoms with van der Waals surface area (Å²) in [5.41, 5.74) is -0.185. The number of nitrogens with one attached hydrogen (secondary N) is 1. The van der Waals surface area contributed by atoms with Gasteiger partial charge in [0.15, 0.2) is 0 Å². The van der Waals surface area contributed by atoms with E-state index in [2.05, 4.69) is 26.3 Å². The van der Waals surface area contributed by atoms with Crippen LogP contribution in [0.25, 0.3) is 0 Å². The molecule has 1 aromatic rings. The van der Waals surface area contributed by atoms with Crippen molar-refractivity contribution in [3.63, 3.8) is 0 Å². The van der Waals surface area contributed by atoms with E-state index in [4.69, 9.17) is 4.74 Å². The number of aromatic nitrogens is 2. The van der Waals surface area contributed by atoms with Crippen LogP contribution in [0.2, 0.25) is 0 Å². The Morgan fingerprint density at radius 2 is 2.28 bits per heavy atom. The number of aliphatic hydroxyl groups is 1. The van der Waals surface area contributed by atoms with Crippen molar-refractivity contribution < 1.29 is 9.84 Å². The lowest BCUT2D eigenvalue weighted by Gasteiger charge is -2.26. The fourth-order valence-corrected chi connectivity index (χ4v) is 2.53. The molecule has 0 spiro atoms. The van der Waals surface area contributed by atoms with E-state index >= 15 is 0 Å². The van der Waals surface area contributed by atoms with Crippen LogP contribution in [-0.4, -0.2) is 41.7 Å². The molecule has 1 atom stereocenters. The first-order valence-corrected chi connectivity index (χ1v) is 6.85. The van der Waals surface area contributed by atoms with Crippen LogP contribution in [0.1, 0.15) is 32.5 Å². The zero-order valence-electron chi connectivity index (χ0n) is 11.4. The topological polar surface area (TPSA) is 59.3 Å². The number of ether oxygens (including phenoxy) is 1. The number of nitrogens with zero attached hydrogens (tertiary/aromatic N) is 2. The molecule has 0 radical (unpaired) electrons. The van der Waals surface area contributed by atoms with E-state index in [9.17, 15) is 5.11 Å². The third kappa shape index (κ3) is 3.78. The van der Waals surface area contributed by atoms with Crippen molar-refractivity contribution in [3.8, 4) is 0 Å². The van der Waals surface area contributed by atoms with Gasteiger partial charge in [-0.15, -0.1) is 0 Å². The molecule has 0 saturated carbocycles. The van der Waals surface area contributed by atoms with E-state index in [1.807, 2.05) is 18.5 Å². The minimum atomic E-state index is -0.979. The van der Waals surface area contributed by atoms with Crippen molar-refractivity contribution in [2.75, 3.05) is 26.8 Å². The van der Waals surface area contributed by atoms with Gasteiger partial charge in [-0.1, -0.05) is 0 Å². The maximum atomic E-state index is 10.6. The monoisotopic (exact) mass is 319 g/mol. The van der Waals surface area contributed by atoms with Gasteiger partial charge < -0.3 is 15.2 Å². The van der Waals surface area contributed by atoms with Crippen LogP contribution in [0, 0.1) is 0 Å². The largest absolute Gasteiger partial charge is 0.383 e. The maximum absolute atomic E-state index is 10.6. The first-order chi connectivity index (χ1) is 8.40. The standard InChI is InChI=1S/C12H22BrN3O2/c1-9(2)16-11(10(13)7-15-16)12(3,17)8-14-5-6-18-4/h7,9,14,17H,5-6,8H2,1-4H3. The number of methoxy groups -OCH3 is 1. The smallest absolute Gasteiger partial charge is 0.117 e. The van der Waals surface area contributed by atoms with Gasteiger partial charge >= 0.3 is 0 Å². The zero-order valence-corrected chi connectivity index (χ0v) is 13.0. The SMILES string of the molecule is COCCNCC(C)(O)c1c(Br)cnn1C(C)C. The minimum Gasteiger partial charge on any atom is -0.383 e. The summed E-state index contributed by atoms with van der Waals surface area (Å²) in [4.78, 5) is 0. The van der Waals surface area contributed by atoms with Crippen molar-refractivity contribution in [1.29, 1.82) is 0 Å². The lowest BCUT2D eigenvalue weighted by atomic mass is 10.0. The summed E-state index contributed by atoms with van der Waals surface area (Å²) in [7, 11) is 1.66. The zero-order chi connectivity index (χ0) is 13.8. The molecule has 0 amide bonds. The molecule has 1 heterocycles. The summed E-state index contributed by atoms with van der Waals surface area (Å²) in [6.07, 6.45) is 1.72. The number of hydrogen-bond acceptors (Lipinski definition) is 4. The van der Waals surface area contributed by atoms with E-state index in [0.29, 0.717) is 19.7 Å². The predicted molar refractivity (Wildman–Crippen MR) is 74.6 cm³/mol. The Morgan fingerprint density at radius 3 is 2.83 bits per heavy atom. The van der Waals surface area contributed by atoms with Crippen LogP contribution in [0.4, 0.5) is 0 Å². The molecule has 0 fully saturated rings. The fraction of sp³-hybridized carbons (Fsp3) is 0.750. The Balaban J connectivity index is 2.80. The minimum absolute atomic E-state index is 0.205. The lowest BCUT2D eigenvalue weighted by molar-refractivity contribution is 0.0438. The molecule has 1 unspecified atom stereocenters. The van der Waals surface area contributed by atoms with E-state index in [-0.39, 0.29) is 6.04 Å². The molecule has 0 bridgehead atoms. The third-order valence-corrected chi connectivity index (χ3v) is 3.28. The predicted octanol–water partition coefficient (Wildman–Crippen LogP) is 1.67. The van der Waals surface area contributed by atoms with E-state index in [1.165, 1.54) is 0 Å². The summed E-state index contributed by atoms with van der Waals surface area (Å²) >= 11 is 3.45. The average molecular weight is 320 g/mol. The summed E-state index contributed by atoms with van der Waals surface area (Å²) in [5.74, 6) is 0. The molecule has 0 saturated heterocycles. The Bertz CT molecular complexity index is 377. The van der Waals surface area contributed by atoms with Crippen LogP contribution in [0.5, 0.6) is 0 Å². The van der Waals surface area contributed by atoms with Crippen LogP contribution in [0.3, 0.4) is 0 Å². The first-order valence-electron chi connectivity index (χ1n) is 6.05. The molecular formula is C12H22BrN3O2. The molecule has 18 heavy (non-hydrogen) atoms. The molecule has 6 heteroatoms. The van der Waals surface area contributed by atoms with Crippen molar-refractivity contribution >= 4 is 15.9 Å². The Kier molecular flexibility index (Phi) is 5.78. The molecule has 0 aromatic carbocycles. The van der Waals surface area contributed by atoms with Crippen molar-refractivity contribution in [2.45, 2.75) is 32.4 Å². The second-order valence-electron chi connectivity index (χ2n) is 4.82.